The molecule has 4 nitrogen and oxygen atoms in total. The van der Waals surface area contributed by atoms with Gasteiger partial charge >= 0.3 is 0 Å². The van der Waals surface area contributed by atoms with Gasteiger partial charge in [0.05, 0.1) is 0 Å². The van der Waals surface area contributed by atoms with Gasteiger partial charge in [-0.05, 0) is 49.2 Å². The number of carbonyl (C=O) groups excluding carboxylic acids is 1. The van der Waals surface area contributed by atoms with E-state index in [1.54, 1.807) is 0 Å². The third kappa shape index (κ3) is 2.82. The van der Waals surface area contributed by atoms with Crippen LogP contribution in [0.2, 0.25) is 0 Å². The van der Waals surface area contributed by atoms with Crippen LogP contribution in [0.3, 0.4) is 0 Å². The third-order valence-electron chi connectivity index (χ3n) is 4.48. The molecule has 120 valence electrons. The summed E-state index contributed by atoms with van der Waals surface area (Å²) in [6.45, 7) is 2.06. The Morgan fingerprint density at radius 3 is 2.43 bits per heavy atom. The summed E-state index contributed by atoms with van der Waals surface area (Å²) in [5, 5.41) is 0. The first-order chi connectivity index (χ1) is 11.0. The maximum atomic E-state index is 13.0. The average molecular weight is 309 g/mol. The number of hydrogen-bond donors (Lipinski definition) is 1. The van der Waals surface area contributed by atoms with Crippen molar-refractivity contribution in [3.8, 4) is 0 Å². The summed E-state index contributed by atoms with van der Waals surface area (Å²) in [6.07, 6.45) is 0.776. The van der Waals surface area contributed by atoms with Crippen LogP contribution in [0, 0.1) is 0 Å². The van der Waals surface area contributed by atoms with Gasteiger partial charge in [-0.1, -0.05) is 18.2 Å². The summed E-state index contributed by atoms with van der Waals surface area (Å²) in [4.78, 5) is 16.9. The van der Waals surface area contributed by atoms with E-state index in [4.69, 9.17) is 5.73 Å². The summed E-state index contributed by atoms with van der Waals surface area (Å²) >= 11 is 0. The summed E-state index contributed by atoms with van der Waals surface area (Å²) in [6, 6.07) is 15.7. The molecule has 0 saturated heterocycles. The first-order valence-electron chi connectivity index (χ1n) is 7.94. The summed E-state index contributed by atoms with van der Waals surface area (Å²) in [5.74, 6) is 0.0298. The van der Waals surface area contributed by atoms with E-state index in [-0.39, 0.29) is 18.0 Å². The minimum atomic E-state index is -0.0126. The topological polar surface area (TPSA) is 49.6 Å². The fourth-order valence-corrected chi connectivity index (χ4v) is 3.21. The average Bonchev–Trinajstić information content (AvgIpc) is 2.55. The van der Waals surface area contributed by atoms with Crippen LogP contribution in [0.4, 0.5) is 11.4 Å². The Morgan fingerprint density at radius 1 is 1.13 bits per heavy atom. The highest BCUT2D eigenvalue weighted by molar-refractivity contribution is 6.07. The second-order valence-corrected chi connectivity index (χ2v) is 6.37. The maximum Gasteiger partial charge on any atom is 0.258 e. The molecule has 1 heterocycles. The van der Waals surface area contributed by atoms with Gasteiger partial charge in [-0.25, -0.2) is 0 Å². The number of fused-ring (bicyclic) bond motifs is 1. The number of nitrogens with zero attached hydrogens (tertiary/aromatic N) is 2. The van der Waals surface area contributed by atoms with E-state index >= 15 is 0 Å². The molecule has 0 aliphatic carbocycles. The zero-order valence-corrected chi connectivity index (χ0v) is 13.9. The monoisotopic (exact) mass is 309 g/mol. The highest BCUT2D eigenvalue weighted by Gasteiger charge is 2.32. The van der Waals surface area contributed by atoms with Gasteiger partial charge in [0.25, 0.3) is 5.91 Å². The van der Waals surface area contributed by atoms with Crippen molar-refractivity contribution in [3.63, 3.8) is 0 Å². The normalized spacial score (nSPS) is 20.1. The molecule has 0 radical (unpaired) electrons. The highest BCUT2D eigenvalue weighted by atomic mass is 16.2. The van der Waals surface area contributed by atoms with Gasteiger partial charge in [-0.15, -0.1) is 0 Å². The van der Waals surface area contributed by atoms with E-state index in [1.165, 1.54) is 0 Å². The molecule has 0 bridgehead atoms. The molecule has 0 fully saturated rings. The van der Waals surface area contributed by atoms with Crippen molar-refractivity contribution in [3.05, 3.63) is 59.7 Å². The van der Waals surface area contributed by atoms with Gasteiger partial charge in [0.1, 0.15) is 0 Å². The van der Waals surface area contributed by atoms with Crippen molar-refractivity contribution < 1.29 is 4.79 Å². The van der Waals surface area contributed by atoms with Crippen molar-refractivity contribution in [2.75, 3.05) is 23.9 Å². The van der Waals surface area contributed by atoms with Crippen LogP contribution < -0.4 is 15.5 Å². The number of hydrogen-bond acceptors (Lipinski definition) is 3. The molecule has 1 aliphatic rings. The number of rotatable bonds is 2. The third-order valence-corrected chi connectivity index (χ3v) is 4.48. The molecule has 1 aliphatic heterocycles. The molecule has 2 aromatic carbocycles. The van der Waals surface area contributed by atoms with Gasteiger partial charge in [-0.3, -0.25) is 4.79 Å². The number of carbonyl (C=O) groups is 1. The second kappa shape index (κ2) is 6.05. The van der Waals surface area contributed by atoms with Crippen LogP contribution in [-0.4, -0.2) is 26.0 Å². The molecule has 1 amide bonds. The quantitative estimate of drug-likeness (QED) is 0.927. The molecule has 2 atom stereocenters. The van der Waals surface area contributed by atoms with Crippen LogP contribution >= 0.6 is 0 Å². The van der Waals surface area contributed by atoms with Crippen LogP contribution in [0.5, 0.6) is 0 Å². The van der Waals surface area contributed by atoms with E-state index in [0.717, 1.165) is 23.4 Å². The molecule has 3 rings (SSSR count). The Balaban J connectivity index is 1.97. The van der Waals surface area contributed by atoms with Crippen molar-refractivity contribution in [2.45, 2.75) is 25.4 Å². The van der Waals surface area contributed by atoms with Crippen molar-refractivity contribution in [1.29, 1.82) is 0 Å². The minimum absolute atomic E-state index is 0.0126. The Bertz CT molecular complexity index is 709. The molecular weight excluding hydrogens is 286 g/mol. The first kappa shape index (κ1) is 15.6. The lowest BCUT2D eigenvalue weighted by Crippen LogP contribution is -2.44. The smallest absolute Gasteiger partial charge is 0.258 e. The Morgan fingerprint density at radius 2 is 1.78 bits per heavy atom. The lowest BCUT2D eigenvalue weighted by molar-refractivity contribution is 0.0974. The van der Waals surface area contributed by atoms with Gasteiger partial charge in [0.2, 0.25) is 0 Å². The molecule has 0 unspecified atom stereocenters. The first-order valence-corrected chi connectivity index (χ1v) is 7.94. The lowest BCUT2D eigenvalue weighted by Gasteiger charge is -2.38. The number of anilines is 2. The van der Waals surface area contributed by atoms with Crippen LogP contribution in [-0.2, 0) is 0 Å². The standard InChI is InChI=1S/C19H23N3O/c1-13-12-17(20)16-6-4-5-7-18(16)22(13)19(23)14-8-10-15(11-9-14)21(2)3/h4-11,13,17H,12,20H2,1-3H3/t13-,17+/m0/s1. The molecule has 23 heavy (non-hydrogen) atoms. The van der Waals surface area contributed by atoms with Crippen LogP contribution in [0.25, 0.3) is 0 Å². The van der Waals surface area contributed by atoms with Crippen molar-refractivity contribution >= 4 is 17.3 Å². The maximum absolute atomic E-state index is 13.0. The summed E-state index contributed by atoms with van der Waals surface area (Å²) in [7, 11) is 3.97. The molecule has 0 spiro atoms. The fourth-order valence-electron chi connectivity index (χ4n) is 3.21. The molecule has 0 saturated carbocycles. The minimum Gasteiger partial charge on any atom is -0.378 e. The predicted molar refractivity (Wildman–Crippen MR) is 95.0 cm³/mol. The molecule has 2 aromatic rings. The molecule has 2 N–H and O–H groups in total. The summed E-state index contributed by atoms with van der Waals surface area (Å²) < 4.78 is 0. The molecular formula is C19H23N3O. The van der Waals surface area contributed by atoms with E-state index in [2.05, 4.69) is 6.92 Å². The van der Waals surface area contributed by atoms with Crippen molar-refractivity contribution in [1.82, 2.24) is 0 Å². The number of nitrogens with two attached hydrogens (primary N) is 1. The van der Waals surface area contributed by atoms with Crippen LogP contribution in [0.15, 0.2) is 48.5 Å². The Hall–Kier alpha value is -2.33. The Labute approximate surface area is 137 Å². The predicted octanol–water partition coefficient (Wildman–Crippen LogP) is 3.19. The molecule has 0 aromatic heterocycles. The fraction of sp³-hybridized carbons (Fsp3) is 0.316. The van der Waals surface area contributed by atoms with E-state index in [0.29, 0.717) is 5.56 Å². The summed E-state index contributed by atoms with van der Waals surface area (Å²) in [5.41, 5.74) is 10.0. The van der Waals surface area contributed by atoms with E-state index < -0.39 is 0 Å². The van der Waals surface area contributed by atoms with Crippen LogP contribution in [0.1, 0.15) is 35.3 Å². The zero-order chi connectivity index (χ0) is 16.6. The lowest BCUT2D eigenvalue weighted by atomic mass is 9.92. The number of para-hydroxylation sites is 1. The molecule has 4 heteroatoms. The van der Waals surface area contributed by atoms with E-state index in [9.17, 15) is 4.79 Å². The van der Waals surface area contributed by atoms with Crippen molar-refractivity contribution in [2.24, 2.45) is 5.73 Å². The van der Waals surface area contributed by atoms with E-state index in [1.807, 2.05) is 72.4 Å². The second-order valence-electron chi connectivity index (χ2n) is 6.37. The number of amides is 1. The van der Waals surface area contributed by atoms with Gasteiger partial charge in [-0.2, -0.15) is 0 Å². The number of benzene rings is 2. The van der Waals surface area contributed by atoms with Gasteiger partial charge in [0.15, 0.2) is 0 Å². The zero-order valence-electron chi connectivity index (χ0n) is 13.9. The van der Waals surface area contributed by atoms with Gasteiger partial charge < -0.3 is 15.5 Å². The Kier molecular flexibility index (Phi) is 4.09. The SMILES string of the molecule is C[C@H]1C[C@@H](N)c2ccccc2N1C(=O)c1ccc(N(C)C)cc1. The largest absolute Gasteiger partial charge is 0.378 e. The van der Waals surface area contributed by atoms with Gasteiger partial charge in [0, 0.05) is 43.1 Å². The highest BCUT2D eigenvalue weighted by Crippen LogP contribution is 2.36.